The Morgan fingerprint density at radius 1 is 0.905 bits per heavy atom. The van der Waals surface area contributed by atoms with Crippen LogP contribution >= 0.6 is 31.9 Å². The van der Waals surface area contributed by atoms with Crippen LogP contribution in [0.25, 0.3) is 5.69 Å². The van der Waals surface area contributed by atoms with E-state index in [-0.39, 0.29) is 0 Å². The Hall–Kier alpha value is -1.43. The van der Waals surface area contributed by atoms with Gasteiger partial charge in [0.25, 0.3) is 0 Å². The van der Waals surface area contributed by atoms with Gasteiger partial charge in [-0.2, -0.15) is 5.10 Å². The first-order valence-corrected chi connectivity index (χ1v) is 7.98. The summed E-state index contributed by atoms with van der Waals surface area (Å²) in [4.78, 5) is 0. The van der Waals surface area contributed by atoms with Gasteiger partial charge >= 0.3 is 0 Å². The Balaban J connectivity index is 0.000000161. The minimum absolute atomic E-state index is 0.618. The summed E-state index contributed by atoms with van der Waals surface area (Å²) in [6.07, 6.45) is 3.69. The molecule has 3 rings (SSSR count). The third kappa shape index (κ3) is 5.12. The summed E-state index contributed by atoms with van der Waals surface area (Å²) in [6, 6.07) is 17.9. The van der Waals surface area contributed by atoms with Crippen LogP contribution in [0.2, 0.25) is 0 Å². The van der Waals surface area contributed by atoms with E-state index < -0.39 is 0 Å². The quantitative estimate of drug-likeness (QED) is 0.676. The maximum absolute atomic E-state index is 5.38. The van der Waals surface area contributed by atoms with E-state index >= 15 is 0 Å². The van der Waals surface area contributed by atoms with Gasteiger partial charge in [0.2, 0.25) is 0 Å². The highest BCUT2D eigenvalue weighted by Crippen LogP contribution is 2.12. The predicted molar refractivity (Wildman–Crippen MR) is 93.3 cm³/mol. The zero-order chi connectivity index (χ0) is 15.1. The third-order valence-corrected chi connectivity index (χ3v) is 3.80. The molecule has 3 nitrogen and oxygen atoms in total. The summed E-state index contributed by atoms with van der Waals surface area (Å²) in [6.45, 7) is 0.618. The zero-order valence-electron chi connectivity index (χ0n) is 11.3. The molecule has 0 saturated heterocycles. The van der Waals surface area contributed by atoms with E-state index in [2.05, 4.69) is 37.0 Å². The summed E-state index contributed by atoms with van der Waals surface area (Å²) in [5, 5.41) is 4.12. The number of benzene rings is 2. The first-order valence-electron chi connectivity index (χ1n) is 6.39. The summed E-state index contributed by atoms with van der Waals surface area (Å²) in [5.41, 5.74) is 7.62. The van der Waals surface area contributed by atoms with E-state index in [0.717, 1.165) is 14.6 Å². The van der Waals surface area contributed by atoms with E-state index in [1.165, 1.54) is 5.56 Å². The highest BCUT2D eigenvalue weighted by molar-refractivity contribution is 9.10. The van der Waals surface area contributed by atoms with Crippen molar-refractivity contribution < 1.29 is 0 Å². The molecule has 0 unspecified atom stereocenters. The Kier molecular flexibility index (Phi) is 6.17. The van der Waals surface area contributed by atoms with E-state index in [9.17, 15) is 0 Å². The fraction of sp³-hybridized carbons (Fsp3) is 0.0625. The highest BCUT2D eigenvalue weighted by Gasteiger charge is 1.93. The second-order valence-electron chi connectivity index (χ2n) is 4.26. The van der Waals surface area contributed by atoms with Gasteiger partial charge in [-0.1, -0.05) is 44.0 Å². The molecule has 0 aliphatic rings. The minimum atomic E-state index is 0.618. The summed E-state index contributed by atoms with van der Waals surface area (Å²) >= 11 is 6.71. The number of hydrogen-bond donors (Lipinski definition) is 1. The summed E-state index contributed by atoms with van der Waals surface area (Å²) in [5.74, 6) is 0. The zero-order valence-corrected chi connectivity index (χ0v) is 14.5. The molecular weight excluding hydrogens is 394 g/mol. The first kappa shape index (κ1) is 15.9. The van der Waals surface area contributed by atoms with Gasteiger partial charge in [0.15, 0.2) is 0 Å². The maximum Gasteiger partial charge on any atom is 0.0646 e. The Bertz CT molecular complexity index is 647. The molecule has 0 aliphatic carbocycles. The molecule has 0 amide bonds. The largest absolute Gasteiger partial charge is 0.326 e. The van der Waals surface area contributed by atoms with Gasteiger partial charge in [-0.3, -0.25) is 0 Å². The minimum Gasteiger partial charge on any atom is -0.326 e. The molecule has 1 heterocycles. The van der Waals surface area contributed by atoms with Gasteiger partial charge in [-0.15, -0.1) is 0 Å². The van der Waals surface area contributed by atoms with E-state index in [4.69, 9.17) is 5.73 Å². The van der Waals surface area contributed by atoms with Gasteiger partial charge in [0, 0.05) is 27.9 Å². The Morgan fingerprint density at radius 3 is 1.95 bits per heavy atom. The van der Waals surface area contributed by atoms with Crippen molar-refractivity contribution in [3.8, 4) is 5.69 Å². The van der Waals surface area contributed by atoms with Crippen LogP contribution < -0.4 is 5.73 Å². The van der Waals surface area contributed by atoms with Crippen molar-refractivity contribution in [3.05, 3.63) is 81.5 Å². The van der Waals surface area contributed by atoms with Crippen LogP contribution in [-0.2, 0) is 6.54 Å². The average molecular weight is 409 g/mol. The topological polar surface area (TPSA) is 43.8 Å². The fourth-order valence-electron chi connectivity index (χ4n) is 1.64. The SMILES string of the molecule is Brc1ccc(-n2cccn2)cc1.NCc1ccc(Br)cc1. The van der Waals surface area contributed by atoms with Crippen molar-refractivity contribution in [2.75, 3.05) is 0 Å². The summed E-state index contributed by atoms with van der Waals surface area (Å²) in [7, 11) is 0. The number of nitrogens with zero attached hydrogens (tertiary/aromatic N) is 2. The van der Waals surface area contributed by atoms with Gasteiger partial charge in [-0.25, -0.2) is 4.68 Å². The van der Waals surface area contributed by atoms with Gasteiger partial charge in [-0.05, 0) is 48.0 Å². The molecule has 2 N–H and O–H groups in total. The molecule has 1 aromatic heterocycles. The lowest BCUT2D eigenvalue weighted by molar-refractivity contribution is 0.880. The van der Waals surface area contributed by atoms with Crippen molar-refractivity contribution >= 4 is 31.9 Å². The van der Waals surface area contributed by atoms with Crippen LogP contribution in [0.5, 0.6) is 0 Å². The average Bonchev–Trinajstić information content (AvgIpc) is 3.04. The van der Waals surface area contributed by atoms with Gasteiger partial charge < -0.3 is 5.73 Å². The second kappa shape index (κ2) is 8.12. The van der Waals surface area contributed by atoms with Gasteiger partial charge in [0.05, 0.1) is 5.69 Å². The molecule has 0 aliphatic heterocycles. The molecule has 0 saturated carbocycles. The van der Waals surface area contributed by atoms with Crippen LogP contribution in [0.1, 0.15) is 5.56 Å². The standard InChI is InChI=1S/C9H7BrN2.C7H8BrN/c10-8-2-4-9(5-3-8)12-7-1-6-11-12;8-7-3-1-6(5-9)2-4-7/h1-7H;1-4H,5,9H2. The summed E-state index contributed by atoms with van der Waals surface area (Å²) < 4.78 is 4.00. The van der Waals surface area contributed by atoms with Crippen molar-refractivity contribution in [2.45, 2.75) is 6.54 Å². The van der Waals surface area contributed by atoms with Crippen LogP contribution in [-0.4, -0.2) is 9.78 Å². The number of aromatic nitrogens is 2. The van der Waals surface area contributed by atoms with Crippen molar-refractivity contribution in [1.29, 1.82) is 0 Å². The van der Waals surface area contributed by atoms with Crippen LogP contribution in [0, 0.1) is 0 Å². The van der Waals surface area contributed by atoms with Gasteiger partial charge in [0.1, 0.15) is 0 Å². The lowest BCUT2D eigenvalue weighted by atomic mass is 10.2. The lowest BCUT2D eigenvalue weighted by Crippen LogP contribution is -1.94. The maximum atomic E-state index is 5.38. The van der Waals surface area contributed by atoms with E-state index in [1.54, 1.807) is 6.20 Å². The smallest absolute Gasteiger partial charge is 0.0646 e. The number of halogens is 2. The molecule has 0 atom stereocenters. The molecule has 5 heteroatoms. The third-order valence-electron chi connectivity index (χ3n) is 2.74. The number of rotatable bonds is 2. The molecule has 0 radical (unpaired) electrons. The van der Waals surface area contributed by atoms with Crippen molar-refractivity contribution in [2.24, 2.45) is 5.73 Å². The lowest BCUT2D eigenvalue weighted by Gasteiger charge is -1.99. The first-order chi connectivity index (χ1) is 10.2. The molecule has 0 fully saturated rings. The Morgan fingerprint density at radius 2 is 1.48 bits per heavy atom. The fourth-order valence-corrected chi connectivity index (χ4v) is 2.16. The van der Waals surface area contributed by atoms with Crippen LogP contribution in [0.4, 0.5) is 0 Å². The molecule has 3 aromatic rings. The van der Waals surface area contributed by atoms with E-state index in [1.807, 2.05) is 65.5 Å². The number of hydrogen-bond acceptors (Lipinski definition) is 2. The monoisotopic (exact) mass is 407 g/mol. The predicted octanol–water partition coefficient (Wildman–Crippen LogP) is 4.54. The molecular formula is C16H15Br2N3. The second-order valence-corrected chi connectivity index (χ2v) is 6.09. The van der Waals surface area contributed by atoms with Crippen molar-refractivity contribution in [1.82, 2.24) is 9.78 Å². The Labute approximate surface area is 141 Å². The molecule has 108 valence electrons. The molecule has 21 heavy (non-hydrogen) atoms. The van der Waals surface area contributed by atoms with Crippen LogP contribution in [0.3, 0.4) is 0 Å². The highest BCUT2D eigenvalue weighted by atomic mass is 79.9. The number of nitrogens with two attached hydrogens (primary N) is 1. The van der Waals surface area contributed by atoms with E-state index in [0.29, 0.717) is 6.54 Å². The molecule has 0 spiro atoms. The van der Waals surface area contributed by atoms with Crippen LogP contribution in [0.15, 0.2) is 75.9 Å². The van der Waals surface area contributed by atoms with Crippen molar-refractivity contribution in [3.63, 3.8) is 0 Å². The molecule has 2 aromatic carbocycles. The normalized spacial score (nSPS) is 9.86. The molecule has 0 bridgehead atoms.